The molecule has 0 atom stereocenters. The van der Waals surface area contributed by atoms with E-state index in [0.29, 0.717) is 0 Å². The van der Waals surface area contributed by atoms with E-state index in [4.69, 9.17) is 4.42 Å². The van der Waals surface area contributed by atoms with Gasteiger partial charge in [-0.3, -0.25) is 4.79 Å². The minimum absolute atomic E-state index is 0.170. The molecule has 1 aromatic rings. The van der Waals surface area contributed by atoms with Crippen LogP contribution in [0.4, 0.5) is 0 Å². The van der Waals surface area contributed by atoms with E-state index >= 15 is 0 Å². The average Bonchev–Trinajstić information content (AvgIpc) is 3.20. The van der Waals surface area contributed by atoms with Crippen LogP contribution in [0.25, 0.3) is 0 Å². The second-order valence-electron chi connectivity index (χ2n) is 5.92. The maximum absolute atomic E-state index is 12.6. The summed E-state index contributed by atoms with van der Waals surface area (Å²) < 4.78 is 5.48. The summed E-state index contributed by atoms with van der Waals surface area (Å²) in [4.78, 5) is 14.6. The maximum Gasteiger partial charge on any atom is 0.257 e. The van der Waals surface area contributed by atoms with Crippen molar-refractivity contribution in [3.05, 3.63) is 23.2 Å². The standard InChI is InChI=1S/C15H21NO2/c1-10-7-14(11(2)18-10)15(17)16(8-12-3-4-12)9-13-5-6-13/h7,12-13H,3-6,8-9H2,1-2H3. The Kier molecular flexibility index (Phi) is 2.92. The Labute approximate surface area is 108 Å². The third-order valence-corrected chi connectivity index (χ3v) is 3.91. The normalized spacial score (nSPS) is 19.0. The largest absolute Gasteiger partial charge is 0.466 e. The Morgan fingerprint density at radius 2 is 1.78 bits per heavy atom. The van der Waals surface area contributed by atoms with Crippen LogP contribution >= 0.6 is 0 Å². The summed E-state index contributed by atoms with van der Waals surface area (Å²) in [5.74, 6) is 3.26. The Morgan fingerprint density at radius 1 is 1.22 bits per heavy atom. The Morgan fingerprint density at radius 3 is 2.17 bits per heavy atom. The van der Waals surface area contributed by atoms with Crippen molar-refractivity contribution in [3.63, 3.8) is 0 Å². The van der Waals surface area contributed by atoms with Gasteiger partial charge in [0.25, 0.3) is 5.91 Å². The monoisotopic (exact) mass is 247 g/mol. The van der Waals surface area contributed by atoms with Crippen LogP contribution in [0.5, 0.6) is 0 Å². The lowest BCUT2D eigenvalue weighted by atomic mass is 10.2. The van der Waals surface area contributed by atoms with Gasteiger partial charge in [-0.05, 0) is 57.4 Å². The molecule has 3 nitrogen and oxygen atoms in total. The highest BCUT2D eigenvalue weighted by Crippen LogP contribution is 2.34. The highest BCUT2D eigenvalue weighted by Gasteiger charge is 2.32. The molecule has 0 radical (unpaired) electrons. The first-order valence-electron chi connectivity index (χ1n) is 7.00. The smallest absolute Gasteiger partial charge is 0.257 e. The van der Waals surface area contributed by atoms with Crippen molar-refractivity contribution in [3.8, 4) is 0 Å². The molecule has 0 aliphatic heterocycles. The van der Waals surface area contributed by atoms with E-state index in [9.17, 15) is 4.79 Å². The first kappa shape index (κ1) is 11.8. The highest BCUT2D eigenvalue weighted by atomic mass is 16.3. The molecule has 1 aromatic heterocycles. The fourth-order valence-corrected chi connectivity index (χ4v) is 2.48. The van der Waals surface area contributed by atoms with Gasteiger partial charge in [0.1, 0.15) is 11.5 Å². The Hall–Kier alpha value is -1.25. The number of nitrogens with zero attached hydrogens (tertiary/aromatic N) is 1. The lowest BCUT2D eigenvalue weighted by Gasteiger charge is -2.22. The van der Waals surface area contributed by atoms with E-state index in [1.54, 1.807) is 0 Å². The lowest BCUT2D eigenvalue weighted by Crippen LogP contribution is -2.34. The number of furan rings is 1. The van der Waals surface area contributed by atoms with Gasteiger partial charge in [-0.25, -0.2) is 0 Å². The number of hydrogen-bond donors (Lipinski definition) is 0. The summed E-state index contributed by atoms with van der Waals surface area (Å²) in [7, 11) is 0. The van der Waals surface area contributed by atoms with Crippen molar-refractivity contribution >= 4 is 5.91 Å². The van der Waals surface area contributed by atoms with Gasteiger partial charge in [-0.2, -0.15) is 0 Å². The Bertz CT molecular complexity index is 441. The van der Waals surface area contributed by atoms with Crippen LogP contribution in [0.3, 0.4) is 0 Å². The molecule has 2 saturated carbocycles. The van der Waals surface area contributed by atoms with Crippen molar-refractivity contribution in [2.45, 2.75) is 39.5 Å². The van der Waals surface area contributed by atoms with Crippen LogP contribution in [0.1, 0.15) is 47.6 Å². The minimum atomic E-state index is 0.170. The lowest BCUT2D eigenvalue weighted by molar-refractivity contribution is 0.0738. The van der Waals surface area contributed by atoms with Gasteiger partial charge in [0.2, 0.25) is 0 Å². The van der Waals surface area contributed by atoms with Crippen LogP contribution < -0.4 is 0 Å². The van der Waals surface area contributed by atoms with E-state index in [-0.39, 0.29) is 5.91 Å². The van der Waals surface area contributed by atoms with Crippen molar-refractivity contribution < 1.29 is 9.21 Å². The summed E-state index contributed by atoms with van der Waals surface area (Å²) in [5, 5.41) is 0. The number of amides is 1. The van der Waals surface area contributed by atoms with E-state index in [1.807, 2.05) is 19.9 Å². The molecule has 0 bridgehead atoms. The van der Waals surface area contributed by atoms with E-state index in [0.717, 1.165) is 42.0 Å². The van der Waals surface area contributed by atoms with Crippen molar-refractivity contribution in [1.82, 2.24) is 4.90 Å². The molecule has 2 aliphatic rings. The van der Waals surface area contributed by atoms with E-state index in [1.165, 1.54) is 25.7 Å². The summed E-state index contributed by atoms with van der Waals surface area (Å²) in [6.07, 6.45) is 5.16. The van der Waals surface area contributed by atoms with Crippen LogP contribution in [-0.4, -0.2) is 23.9 Å². The van der Waals surface area contributed by atoms with E-state index in [2.05, 4.69) is 4.90 Å². The zero-order chi connectivity index (χ0) is 12.7. The van der Waals surface area contributed by atoms with Gasteiger partial charge >= 0.3 is 0 Å². The quantitative estimate of drug-likeness (QED) is 0.800. The molecule has 1 amide bonds. The molecule has 18 heavy (non-hydrogen) atoms. The van der Waals surface area contributed by atoms with Crippen LogP contribution in [0, 0.1) is 25.7 Å². The summed E-state index contributed by atoms with van der Waals surface area (Å²) in [6.45, 7) is 5.67. The fourth-order valence-electron chi connectivity index (χ4n) is 2.48. The van der Waals surface area contributed by atoms with Gasteiger partial charge < -0.3 is 9.32 Å². The molecule has 1 heterocycles. The van der Waals surface area contributed by atoms with Crippen LogP contribution in [-0.2, 0) is 0 Å². The second kappa shape index (κ2) is 4.45. The van der Waals surface area contributed by atoms with Crippen molar-refractivity contribution in [2.24, 2.45) is 11.8 Å². The van der Waals surface area contributed by atoms with Gasteiger partial charge in [-0.1, -0.05) is 0 Å². The molecule has 3 rings (SSSR count). The predicted octanol–water partition coefficient (Wildman–Crippen LogP) is 3.16. The molecule has 2 aliphatic carbocycles. The summed E-state index contributed by atoms with van der Waals surface area (Å²) in [6, 6.07) is 1.88. The number of hydrogen-bond acceptors (Lipinski definition) is 2. The van der Waals surface area contributed by atoms with Crippen molar-refractivity contribution in [1.29, 1.82) is 0 Å². The maximum atomic E-state index is 12.6. The molecule has 3 heteroatoms. The molecule has 98 valence electrons. The second-order valence-corrected chi connectivity index (χ2v) is 5.92. The molecule has 0 aromatic carbocycles. The molecule has 0 unspecified atom stereocenters. The average molecular weight is 247 g/mol. The molecule has 2 fully saturated rings. The number of carbonyl (C=O) groups excluding carboxylic acids is 1. The number of aryl methyl sites for hydroxylation is 2. The fraction of sp³-hybridized carbons (Fsp3) is 0.667. The van der Waals surface area contributed by atoms with Crippen LogP contribution in [0.15, 0.2) is 10.5 Å². The number of rotatable bonds is 5. The zero-order valence-corrected chi connectivity index (χ0v) is 11.2. The molecule has 0 saturated heterocycles. The topological polar surface area (TPSA) is 33.5 Å². The zero-order valence-electron chi connectivity index (χ0n) is 11.2. The Balaban J connectivity index is 1.74. The van der Waals surface area contributed by atoms with Crippen molar-refractivity contribution in [2.75, 3.05) is 13.1 Å². The molecular formula is C15H21NO2. The van der Waals surface area contributed by atoms with Gasteiger partial charge in [-0.15, -0.1) is 0 Å². The SMILES string of the molecule is Cc1cc(C(=O)N(CC2CC2)CC2CC2)c(C)o1. The molecule has 0 N–H and O–H groups in total. The van der Waals surface area contributed by atoms with E-state index < -0.39 is 0 Å². The summed E-state index contributed by atoms with van der Waals surface area (Å²) >= 11 is 0. The molecular weight excluding hydrogens is 226 g/mol. The van der Waals surface area contributed by atoms with Gasteiger partial charge in [0.15, 0.2) is 0 Å². The van der Waals surface area contributed by atoms with Crippen LogP contribution in [0.2, 0.25) is 0 Å². The third-order valence-electron chi connectivity index (χ3n) is 3.91. The van der Waals surface area contributed by atoms with Gasteiger partial charge in [0, 0.05) is 13.1 Å². The predicted molar refractivity (Wildman–Crippen MR) is 69.5 cm³/mol. The third kappa shape index (κ3) is 2.60. The first-order valence-corrected chi connectivity index (χ1v) is 7.00. The molecule has 0 spiro atoms. The number of carbonyl (C=O) groups is 1. The highest BCUT2D eigenvalue weighted by molar-refractivity contribution is 5.95. The summed E-state index contributed by atoms with van der Waals surface area (Å²) in [5.41, 5.74) is 0.758. The first-order chi connectivity index (χ1) is 8.63. The minimum Gasteiger partial charge on any atom is -0.466 e. The van der Waals surface area contributed by atoms with Gasteiger partial charge in [0.05, 0.1) is 5.56 Å².